The highest BCUT2D eigenvalue weighted by molar-refractivity contribution is 7.80. The van der Waals surface area contributed by atoms with Gasteiger partial charge in [-0.15, -0.1) is 0 Å². The van der Waals surface area contributed by atoms with E-state index in [0.717, 1.165) is 11.3 Å². The van der Waals surface area contributed by atoms with Crippen molar-refractivity contribution < 1.29 is 0 Å². The predicted molar refractivity (Wildman–Crippen MR) is 89.3 cm³/mol. The summed E-state index contributed by atoms with van der Waals surface area (Å²) in [7, 11) is 3.71. The Labute approximate surface area is 132 Å². The molecule has 0 bridgehead atoms. The second-order valence-corrected chi connectivity index (χ2v) is 5.62. The third-order valence-corrected chi connectivity index (χ3v) is 3.62. The number of hydrogen-bond donors (Lipinski definition) is 1. The number of halogens is 1. The molecule has 5 nitrogen and oxygen atoms in total. The first-order valence-electron chi connectivity index (χ1n) is 6.21. The van der Waals surface area contributed by atoms with Crippen LogP contribution in [0.2, 0.25) is 5.02 Å². The number of nitrogens with two attached hydrogens (primary N) is 1. The predicted octanol–water partition coefficient (Wildman–Crippen LogP) is 1.65. The lowest BCUT2D eigenvalue weighted by atomic mass is 10.1. The number of benzene rings is 1. The van der Waals surface area contributed by atoms with Gasteiger partial charge in [0.05, 0.1) is 18.4 Å². The number of rotatable bonds is 4. The van der Waals surface area contributed by atoms with Crippen LogP contribution < -0.4 is 16.2 Å². The van der Waals surface area contributed by atoms with Crippen molar-refractivity contribution in [2.24, 2.45) is 5.73 Å². The van der Waals surface area contributed by atoms with E-state index >= 15 is 0 Å². The molecule has 0 unspecified atom stereocenters. The highest BCUT2D eigenvalue weighted by Crippen LogP contribution is 2.18. The van der Waals surface area contributed by atoms with Gasteiger partial charge in [0.1, 0.15) is 4.99 Å². The van der Waals surface area contributed by atoms with Gasteiger partial charge in [-0.05, 0) is 11.6 Å². The van der Waals surface area contributed by atoms with Crippen LogP contribution in [0.3, 0.4) is 0 Å². The molecule has 1 aromatic heterocycles. The second kappa shape index (κ2) is 6.24. The third-order valence-electron chi connectivity index (χ3n) is 3.03. The molecule has 0 amide bonds. The number of hydrogen-bond acceptors (Lipinski definition) is 4. The zero-order chi connectivity index (χ0) is 15.6. The summed E-state index contributed by atoms with van der Waals surface area (Å²) in [4.78, 5) is 14.1. The molecule has 0 saturated carbocycles. The van der Waals surface area contributed by atoms with Crippen molar-refractivity contribution in [1.82, 2.24) is 9.78 Å². The molecule has 0 aliphatic rings. The van der Waals surface area contributed by atoms with E-state index in [1.54, 1.807) is 24.4 Å². The van der Waals surface area contributed by atoms with Gasteiger partial charge < -0.3 is 10.6 Å². The van der Waals surface area contributed by atoms with E-state index < -0.39 is 0 Å². The van der Waals surface area contributed by atoms with E-state index in [9.17, 15) is 4.79 Å². The zero-order valence-electron chi connectivity index (χ0n) is 11.7. The van der Waals surface area contributed by atoms with Crippen molar-refractivity contribution in [3.05, 3.63) is 57.0 Å². The third kappa shape index (κ3) is 3.59. The summed E-state index contributed by atoms with van der Waals surface area (Å²) in [5.41, 5.74) is 7.60. The van der Waals surface area contributed by atoms with Crippen molar-refractivity contribution in [2.75, 3.05) is 19.0 Å². The molecule has 1 heterocycles. The quantitative estimate of drug-likeness (QED) is 0.867. The standard InChI is InChI=1S/C14H15ClN4OS/c1-18(2)11-6-13(20)19(17-7-11)8-10-4-3-9(14(16)21)5-12(10)15/h3-7H,8H2,1-2H3,(H2,16,21). The molecule has 2 rings (SSSR count). The summed E-state index contributed by atoms with van der Waals surface area (Å²) in [6, 6.07) is 6.80. The van der Waals surface area contributed by atoms with Crippen LogP contribution in [-0.4, -0.2) is 28.9 Å². The maximum Gasteiger partial charge on any atom is 0.269 e. The summed E-state index contributed by atoms with van der Waals surface area (Å²) >= 11 is 11.1. The molecule has 0 aliphatic carbocycles. The fourth-order valence-corrected chi connectivity index (χ4v) is 2.14. The maximum atomic E-state index is 12.0. The zero-order valence-corrected chi connectivity index (χ0v) is 13.3. The molecular formula is C14H15ClN4OS. The Morgan fingerprint density at radius 2 is 2.14 bits per heavy atom. The lowest BCUT2D eigenvalue weighted by Gasteiger charge is -2.13. The van der Waals surface area contributed by atoms with Crippen molar-refractivity contribution in [1.29, 1.82) is 0 Å². The van der Waals surface area contributed by atoms with Gasteiger partial charge in [-0.1, -0.05) is 36.0 Å². The lowest BCUT2D eigenvalue weighted by Crippen LogP contribution is -2.24. The monoisotopic (exact) mass is 322 g/mol. The van der Waals surface area contributed by atoms with E-state index in [-0.39, 0.29) is 10.5 Å². The minimum atomic E-state index is -0.185. The first kappa shape index (κ1) is 15.5. The SMILES string of the molecule is CN(C)c1cnn(Cc2ccc(C(N)=S)cc2Cl)c(=O)c1. The Bertz CT molecular complexity index is 742. The Morgan fingerprint density at radius 1 is 1.43 bits per heavy atom. The second-order valence-electron chi connectivity index (χ2n) is 4.77. The largest absolute Gasteiger partial charge is 0.389 e. The van der Waals surface area contributed by atoms with E-state index in [0.29, 0.717) is 17.1 Å². The van der Waals surface area contributed by atoms with Gasteiger partial charge >= 0.3 is 0 Å². The Kier molecular flexibility index (Phi) is 4.59. The van der Waals surface area contributed by atoms with Gasteiger partial charge in [-0.2, -0.15) is 5.10 Å². The molecule has 0 spiro atoms. The van der Waals surface area contributed by atoms with Crippen LogP contribution in [0.25, 0.3) is 0 Å². The van der Waals surface area contributed by atoms with Crippen molar-refractivity contribution in [2.45, 2.75) is 6.54 Å². The fraction of sp³-hybridized carbons (Fsp3) is 0.214. The summed E-state index contributed by atoms with van der Waals surface area (Å²) in [6.07, 6.45) is 1.64. The normalized spacial score (nSPS) is 10.4. The number of thiocarbonyl (C=S) groups is 1. The van der Waals surface area contributed by atoms with E-state index in [1.807, 2.05) is 19.0 Å². The average molecular weight is 323 g/mol. The first-order chi connectivity index (χ1) is 9.88. The van der Waals surface area contributed by atoms with Gasteiger partial charge in [-0.25, -0.2) is 4.68 Å². The maximum absolute atomic E-state index is 12.0. The summed E-state index contributed by atoms with van der Waals surface area (Å²) in [5, 5.41) is 4.65. The molecule has 110 valence electrons. The van der Waals surface area contributed by atoms with E-state index in [2.05, 4.69) is 5.10 Å². The number of nitrogens with zero attached hydrogens (tertiary/aromatic N) is 3. The minimum Gasteiger partial charge on any atom is -0.389 e. The van der Waals surface area contributed by atoms with Crippen molar-refractivity contribution in [3.63, 3.8) is 0 Å². The molecule has 0 fully saturated rings. The molecule has 7 heteroatoms. The molecule has 0 radical (unpaired) electrons. The van der Waals surface area contributed by atoms with E-state index in [1.165, 1.54) is 10.7 Å². The topological polar surface area (TPSA) is 64.2 Å². The molecule has 2 aromatic rings. The van der Waals surface area contributed by atoms with E-state index in [4.69, 9.17) is 29.6 Å². The summed E-state index contributed by atoms with van der Waals surface area (Å²) in [6.45, 7) is 0.295. The van der Waals surface area contributed by atoms with Gasteiger partial charge in [-0.3, -0.25) is 4.79 Å². The molecule has 2 N–H and O–H groups in total. The smallest absolute Gasteiger partial charge is 0.269 e. The Morgan fingerprint density at radius 3 is 2.67 bits per heavy atom. The summed E-state index contributed by atoms with van der Waals surface area (Å²) in [5.74, 6) is 0. The molecule has 0 aliphatic heterocycles. The van der Waals surface area contributed by atoms with Gasteiger partial charge in [0.25, 0.3) is 5.56 Å². The molecule has 0 atom stereocenters. The van der Waals surface area contributed by atoms with Crippen LogP contribution in [0, 0.1) is 0 Å². The fourth-order valence-electron chi connectivity index (χ4n) is 1.78. The van der Waals surface area contributed by atoms with Crippen LogP contribution >= 0.6 is 23.8 Å². The van der Waals surface area contributed by atoms with Crippen LogP contribution in [0.4, 0.5) is 5.69 Å². The molecular weight excluding hydrogens is 308 g/mol. The Balaban J connectivity index is 2.30. The van der Waals surface area contributed by atoms with Gasteiger partial charge in [0.2, 0.25) is 0 Å². The van der Waals surface area contributed by atoms with Gasteiger partial charge in [0, 0.05) is 30.7 Å². The number of aromatic nitrogens is 2. The van der Waals surface area contributed by atoms with Crippen LogP contribution in [0.5, 0.6) is 0 Å². The van der Waals surface area contributed by atoms with Crippen molar-refractivity contribution >= 4 is 34.5 Å². The highest BCUT2D eigenvalue weighted by Gasteiger charge is 2.07. The number of anilines is 1. The Hall–Kier alpha value is -1.92. The van der Waals surface area contributed by atoms with Crippen LogP contribution in [-0.2, 0) is 6.54 Å². The van der Waals surface area contributed by atoms with Crippen LogP contribution in [0.1, 0.15) is 11.1 Å². The first-order valence-corrected chi connectivity index (χ1v) is 7.00. The molecule has 0 saturated heterocycles. The molecule has 1 aromatic carbocycles. The van der Waals surface area contributed by atoms with Crippen LogP contribution in [0.15, 0.2) is 35.3 Å². The summed E-state index contributed by atoms with van der Waals surface area (Å²) < 4.78 is 1.36. The lowest BCUT2D eigenvalue weighted by molar-refractivity contribution is 0.638. The molecule has 21 heavy (non-hydrogen) atoms. The minimum absolute atomic E-state index is 0.185. The average Bonchev–Trinajstić information content (AvgIpc) is 2.42. The van der Waals surface area contributed by atoms with Crippen molar-refractivity contribution in [3.8, 4) is 0 Å². The van der Waals surface area contributed by atoms with Gasteiger partial charge in [0.15, 0.2) is 0 Å². The highest BCUT2D eigenvalue weighted by atomic mass is 35.5.